The van der Waals surface area contributed by atoms with Gasteiger partial charge in [0.1, 0.15) is 18.6 Å². The number of carbonyl (C=O) groups excluding carboxylic acids is 2. The quantitative estimate of drug-likeness (QED) is 0.448. The number of rotatable bonds is 9. The molecule has 0 aromatic carbocycles. The van der Waals surface area contributed by atoms with E-state index in [2.05, 4.69) is 5.32 Å². The topological polar surface area (TPSA) is 117 Å². The number of methoxy groups -OCH3 is 1. The molecule has 1 rings (SSSR count). The van der Waals surface area contributed by atoms with Gasteiger partial charge < -0.3 is 24.6 Å². The lowest BCUT2D eigenvalue weighted by Gasteiger charge is -2.34. The maximum atomic E-state index is 12.6. The molecule has 2 unspecified atom stereocenters. The van der Waals surface area contributed by atoms with Crippen molar-refractivity contribution in [3.63, 3.8) is 0 Å². The van der Waals surface area contributed by atoms with Crippen LogP contribution < -0.4 is 5.32 Å². The minimum Gasteiger partial charge on any atom is -0.433 e. The molecule has 1 aliphatic heterocycles. The highest BCUT2D eigenvalue weighted by Gasteiger charge is 2.52. The molecule has 1 aliphatic rings. The largest absolute Gasteiger partial charge is 0.508 e. The van der Waals surface area contributed by atoms with Crippen LogP contribution in [-0.4, -0.2) is 73.4 Å². The number of amides is 1. The van der Waals surface area contributed by atoms with Crippen LogP contribution in [0, 0.1) is 11.3 Å². The van der Waals surface area contributed by atoms with Gasteiger partial charge in [0.05, 0.1) is 13.2 Å². The Kier molecular flexibility index (Phi) is 8.03. The first kappa shape index (κ1) is 23.6. The number of nitrogens with zero attached hydrogens (tertiary/aromatic N) is 1. The minimum atomic E-state index is -1.31. The lowest BCUT2D eigenvalue weighted by molar-refractivity contribution is -0.248. The van der Waals surface area contributed by atoms with Crippen molar-refractivity contribution in [3.8, 4) is 0 Å². The Morgan fingerprint density at radius 3 is 2.33 bits per heavy atom. The van der Waals surface area contributed by atoms with Crippen molar-refractivity contribution in [1.29, 1.82) is 0 Å². The summed E-state index contributed by atoms with van der Waals surface area (Å²) in [6, 6.07) is 0. The van der Waals surface area contributed by atoms with E-state index in [1.807, 2.05) is 27.7 Å². The van der Waals surface area contributed by atoms with Crippen molar-refractivity contribution in [2.75, 3.05) is 40.1 Å². The van der Waals surface area contributed by atoms with E-state index in [0.29, 0.717) is 13.0 Å². The van der Waals surface area contributed by atoms with Crippen LogP contribution >= 0.6 is 0 Å². The molecule has 1 heterocycles. The number of hydrogen-bond acceptors (Lipinski definition) is 7. The first-order valence-electron chi connectivity index (χ1n) is 9.06. The van der Waals surface area contributed by atoms with Gasteiger partial charge in [0.25, 0.3) is 0 Å². The summed E-state index contributed by atoms with van der Waals surface area (Å²) in [5, 5.41) is 25.9. The molecule has 0 aromatic rings. The SMILES string of the molecule is COCCOC(=O)OCC(C)(CO)C(=O)NCC1CC(C)(C)N([O])C1(C)C. The lowest BCUT2D eigenvalue weighted by Crippen LogP contribution is -2.50. The first-order valence-corrected chi connectivity index (χ1v) is 9.06. The molecule has 9 heteroatoms. The summed E-state index contributed by atoms with van der Waals surface area (Å²) in [5.41, 5.74) is -2.43. The standard InChI is InChI=1S/C18H33N2O7/c1-16(2)9-13(17(3,4)20(16)24)10-19-14(22)18(5,11-21)12-27-15(23)26-8-7-25-6/h13,21H,7-12H2,1-6H3,(H,19,22). The monoisotopic (exact) mass is 389 g/mol. The van der Waals surface area contributed by atoms with Crippen LogP contribution in [0.15, 0.2) is 0 Å². The molecule has 1 radical (unpaired) electrons. The molecule has 0 aromatic heterocycles. The number of aliphatic hydroxyl groups excluding tert-OH is 1. The zero-order valence-corrected chi connectivity index (χ0v) is 17.2. The molecular weight excluding hydrogens is 356 g/mol. The zero-order valence-electron chi connectivity index (χ0n) is 17.2. The smallest absolute Gasteiger partial charge is 0.433 e. The Labute approximate surface area is 160 Å². The summed E-state index contributed by atoms with van der Waals surface area (Å²) in [7, 11) is 1.47. The predicted octanol–water partition coefficient (Wildman–Crippen LogP) is 1.13. The Bertz CT molecular complexity index is 524. The second-order valence-corrected chi connectivity index (χ2v) is 8.47. The van der Waals surface area contributed by atoms with Crippen LogP contribution in [0.25, 0.3) is 0 Å². The highest BCUT2D eigenvalue weighted by molar-refractivity contribution is 5.82. The number of hydroxylamine groups is 2. The van der Waals surface area contributed by atoms with Crippen molar-refractivity contribution < 1.29 is 34.1 Å². The molecule has 1 fully saturated rings. The van der Waals surface area contributed by atoms with E-state index in [1.54, 1.807) is 0 Å². The average molecular weight is 389 g/mol. The van der Waals surface area contributed by atoms with Crippen LogP contribution in [-0.2, 0) is 24.2 Å². The Hall–Kier alpha value is -1.42. The molecular formula is C18H33N2O7. The third-order valence-electron chi connectivity index (χ3n) is 5.24. The van der Waals surface area contributed by atoms with Gasteiger partial charge in [0.2, 0.25) is 5.91 Å². The Morgan fingerprint density at radius 2 is 1.85 bits per heavy atom. The van der Waals surface area contributed by atoms with Crippen LogP contribution in [0.1, 0.15) is 41.0 Å². The van der Waals surface area contributed by atoms with Gasteiger partial charge in [-0.05, 0) is 47.0 Å². The van der Waals surface area contributed by atoms with Gasteiger partial charge in [-0.1, -0.05) is 0 Å². The van der Waals surface area contributed by atoms with Gasteiger partial charge in [-0.15, -0.1) is 10.3 Å². The summed E-state index contributed by atoms with van der Waals surface area (Å²) < 4.78 is 14.5. The molecule has 157 valence electrons. The van der Waals surface area contributed by atoms with Crippen LogP contribution in [0.3, 0.4) is 0 Å². The second kappa shape index (κ2) is 9.18. The molecule has 27 heavy (non-hydrogen) atoms. The Balaban J connectivity index is 2.59. The molecule has 0 spiro atoms. The summed E-state index contributed by atoms with van der Waals surface area (Å²) >= 11 is 0. The van der Waals surface area contributed by atoms with Crippen molar-refractivity contribution in [1.82, 2.24) is 10.4 Å². The highest BCUT2D eigenvalue weighted by atomic mass is 16.7. The van der Waals surface area contributed by atoms with Gasteiger partial charge in [-0.3, -0.25) is 4.79 Å². The van der Waals surface area contributed by atoms with Crippen molar-refractivity contribution in [2.24, 2.45) is 11.3 Å². The van der Waals surface area contributed by atoms with E-state index in [-0.39, 0.29) is 25.7 Å². The average Bonchev–Trinajstić information content (AvgIpc) is 2.76. The van der Waals surface area contributed by atoms with Gasteiger partial charge in [0, 0.05) is 24.7 Å². The number of aliphatic hydroxyl groups is 1. The molecule has 1 saturated heterocycles. The van der Waals surface area contributed by atoms with Gasteiger partial charge in [-0.25, -0.2) is 4.79 Å². The molecule has 0 bridgehead atoms. The maximum Gasteiger partial charge on any atom is 0.508 e. The minimum absolute atomic E-state index is 0.0373. The number of hydrogen-bond donors (Lipinski definition) is 2. The van der Waals surface area contributed by atoms with Crippen LogP contribution in [0.2, 0.25) is 0 Å². The lowest BCUT2D eigenvalue weighted by atomic mass is 9.86. The maximum absolute atomic E-state index is 12.6. The predicted molar refractivity (Wildman–Crippen MR) is 96.2 cm³/mol. The number of nitrogens with one attached hydrogen (secondary N) is 1. The summed E-state index contributed by atoms with van der Waals surface area (Å²) in [6.45, 7) is 8.70. The molecule has 0 aliphatic carbocycles. The third kappa shape index (κ3) is 5.78. The van der Waals surface area contributed by atoms with E-state index in [0.717, 1.165) is 5.06 Å². The molecule has 2 N–H and O–H groups in total. The van der Waals surface area contributed by atoms with E-state index < -0.39 is 35.2 Å². The fourth-order valence-corrected chi connectivity index (χ4v) is 3.28. The Morgan fingerprint density at radius 1 is 1.22 bits per heavy atom. The summed E-state index contributed by atoms with van der Waals surface area (Å²) in [6.07, 6.45) is -0.290. The van der Waals surface area contributed by atoms with Gasteiger partial charge in [0.15, 0.2) is 0 Å². The molecule has 2 atom stereocenters. The van der Waals surface area contributed by atoms with Crippen LogP contribution in [0.5, 0.6) is 0 Å². The summed E-state index contributed by atoms with van der Waals surface area (Å²) in [5.74, 6) is -0.496. The van der Waals surface area contributed by atoms with Crippen molar-refractivity contribution in [3.05, 3.63) is 0 Å². The molecule has 0 saturated carbocycles. The second-order valence-electron chi connectivity index (χ2n) is 8.47. The number of carbonyl (C=O) groups is 2. The van der Waals surface area contributed by atoms with Crippen LogP contribution in [0.4, 0.5) is 4.79 Å². The van der Waals surface area contributed by atoms with E-state index >= 15 is 0 Å². The fourth-order valence-electron chi connectivity index (χ4n) is 3.28. The highest BCUT2D eigenvalue weighted by Crippen LogP contribution is 2.43. The summed E-state index contributed by atoms with van der Waals surface area (Å²) in [4.78, 5) is 24.1. The van der Waals surface area contributed by atoms with Gasteiger partial charge in [-0.2, -0.15) is 0 Å². The third-order valence-corrected chi connectivity index (χ3v) is 5.24. The van der Waals surface area contributed by atoms with Crippen molar-refractivity contribution in [2.45, 2.75) is 52.1 Å². The fraction of sp³-hybridized carbons (Fsp3) is 0.889. The normalized spacial score (nSPS) is 23.5. The van der Waals surface area contributed by atoms with E-state index in [4.69, 9.17) is 14.2 Å². The first-order chi connectivity index (χ1) is 12.4. The molecule has 1 amide bonds. The van der Waals surface area contributed by atoms with Crippen molar-refractivity contribution >= 4 is 12.1 Å². The zero-order chi connectivity index (χ0) is 20.9. The van der Waals surface area contributed by atoms with Gasteiger partial charge >= 0.3 is 6.16 Å². The number of ether oxygens (including phenoxy) is 3. The van der Waals surface area contributed by atoms with E-state index in [9.17, 15) is 19.9 Å². The molecule has 9 nitrogen and oxygen atoms in total. The van der Waals surface area contributed by atoms with E-state index in [1.165, 1.54) is 14.0 Å².